The Bertz CT molecular complexity index is 1220. The van der Waals surface area contributed by atoms with Crippen LogP contribution >= 0.6 is 0 Å². The normalized spacial score (nSPS) is 19.8. The summed E-state index contributed by atoms with van der Waals surface area (Å²) >= 11 is 0. The zero-order chi connectivity index (χ0) is 21.5. The SMILES string of the molecule is CCCCN1C(=O)C(=O)/C(=C(/O)c2ccc3c(c2)CCO3)C1c1c[nH]c2ccccc12. The van der Waals surface area contributed by atoms with Crippen LogP contribution < -0.4 is 4.74 Å². The maximum atomic E-state index is 13.1. The van der Waals surface area contributed by atoms with Crippen molar-refractivity contribution in [2.24, 2.45) is 0 Å². The molecule has 6 nitrogen and oxygen atoms in total. The van der Waals surface area contributed by atoms with Crippen molar-refractivity contribution in [3.63, 3.8) is 0 Å². The Morgan fingerprint density at radius 1 is 1.23 bits per heavy atom. The van der Waals surface area contributed by atoms with Crippen LogP contribution in [0.15, 0.2) is 54.2 Å². The molecule has 1 unspecified atom stereocenters. The minimum atomic E-state index is -0.638. The first-order chi connectivity index (χ1) is 15.1. The quantitative estimate of drug-likeness (QED) is 0.369. The van der Waals surface area contributed by atoms with E-state index in [2.05, 4.69) is 4.98 Å². The number of likely N-dealkylation sites (tertiary alicyclic amines) is 1. The molecule has 2 aliphatic heterocycles. The summed E-state index contributed by atoms with van der Waals surface area (Å²) in [6, 6.07) is 12.6. The lowest BCUT2D eigenvalue weighted by molar-refractivity contribution is -0.139. The van der Waals surface area contributed by atoms with Gasteiger partial charge in [-0.1, -0.05) is 31.5 Å². The highest BCUT2D eigenvalue weighted by atomic mass is 16.5. The molecular weight excluding hydrogens is 392 g/mol. The molecule has 0 aliphatic carbocycles. The zero-order valence-corrected chi connectivity index (χ0v) is 17.4. The van der Waals surface area contributed by atoms with E-state index in [4.69, 9.17) is 4.74 Å². The molecule has 1 aromatic heterocycles. The monoisotopic (exact) mass is 416 g/mol. The second-order valence-corrected chi connectivity index (χ2v) is 8.06. The van der Waals surface area contributed by atoms with E-state index < -0.39 is 17.7 Å². The third-order valence-corrected chi connectivity index (χ3v) is 6.17. The maximum absolute atomic E-state index is 13.1. The van der Waals surface area contributed by atoms with E-state index in [-0.39, 0.29) is 11.3 Å². The van der Waals surface area contributed by atoms with Crippen molar-refractivity contribution in [1.29, 1.82) is 0 Å². The van der Waals surface area contributed by atoms with Gasteiger partial charge in [-0.15, -0.1) is 0 Å². The van der Waals surface area contributed by atoms with Gasteiger partial charge in [0.05, 0.1) is 18.2 Å². The minimum absolute atomic E-state index is 0.137. The number of carbonyl (C=O) groups excluding carboxylic acids is 2. The second kappa shape index (κ2) is 7.61. The molecule has 31 heavy (non-hydrogen) atoms. The molecule has 1 amide bonds. The van der Waals surface area contributed by atoms with Crippen LogP contribution in [-0.2, 0) is 16.0 Å². The van der Waals surface area contributed by atoms with Crippen LogP contribution in [0.5, 0.6) is 5.75 Å². The number of nitrogens with one attached hydrogen (secondary N) is 1. The summed E-state index contributed by atoms with van der Waals surface area (Å²) in [6.07, 6.45) is 4.27. The number of unbranched alkanes of at least 4 members (excludes halogenated alkanes) is 1. The van der Waals surface area contributed by atoms with E-state index in [1.165, 1.54) is 0 Å². The highest BCUT2D eigenvalue weighted by Crippen LogP contribution is 2.42. The van der Waals surface area contributed by atoms with Crippen LogP contribution in [0.1, 0.15) is 42.5 Å². The molecule has 0 radical (unpaired) electrons. The molecule has 2 N–H and O–H groups in total. The molecule has 0 saturated carbocycles. The topological polar surface area (TPSA) is 82.6 Å². The third kappa shape index (κ3) is 3.10. The van der Waals surface area contributed by atoms with Crippen LogP contribution in [-0.4, -0.2) is 39.8 Å². The molecule has 0 spiro atoms. The Hall–Kier alpha value is -3.54. The van der Waals surface area contributed by atoms with Gasteiger partial charge in [0.1, 0.15) is 11.5 Å². The molecule has 158 valence electrons. The number of carbonyl (C=O) groups is 2. The van der Waals surface area contributed by atoms with Gasteiger partial charge in [0, 0.05) is 41.2 Å². The minimum Gasteiger partial charge on any atom is -0.507 e. The largest absolute Gasteiger partial charge is 0.507 e. The number of ether oxygens (including phenoxy) is 1. The van der Waals surface area contributed by atoms with E-state index >= 15 is 0 Å². The Labute approximate surface area is 180 Å². The molecule has 0 bridgehead atoms. The molecule has 2 aliphatic rings. The molecular formula is C25H24N2O4. The fourth-order valence-corrected chi connectivity index (χ4v) is 4.57. The van der Waals surface area contributed by atoms with Gasteiger partial charge < -0.3 is 19.7 Å². The Morgan fingerprint density at radius 2 is 2.06 bits per heavy atom. The number of hydrogen-bond acceptors (Lipinski definition) is 4. The highest BCUT2D eigenvalue weighted by Gasteiger charge is 2.46. The number of fused-ring (bicyclic) bond motifs is 2. The molecule has 3 heterocycles. The summed E-state index contributed by atoms with van der Waals surface area (Å²) in [5.41, 5.74) is 3.41. The number of H-pyrrole nitrogens is 1. The van der Waals surface area contributed by atoms with Crippen LogP contribution in [0.3, 0.4) is 0 Å². The predicted molar refractivity (Wildman–Crippen MR) is 118 cm³/mol. The molecule has 1 atom stereocenters. The summed E-state index contributed by atoms with van der Waals surface area (Å²) in [4.78, 5) is 30.9. The number of para-hydroxylation sites is 1. The van der Waals surface area contributed by atoms with Gasteiger partial charge in [0.25, 0.3) is 11.7 Å². The number of hydrogen-bond donors (Lipinski definition) is 2. The summed E-state index contributed by atoms with van der Waals surface area (Å²) < 4.78 is 5.56. The van der Waals surface area contributed by atoms with E-state index in [1.807, 2.05) is 49.5 Å². The zero-order valence-electron chi connectivity index (χ0n) is 17.4. The van der Waals surface area contributed by atoms with Crippen molar-refractivity contribution in [2.75, 3.05) is 13.2 Å². The van der Waals surface area contributed by atoms with Crippen molar-refractivity contribution in [3.8, 4) is 5.75 Å². The van der Waals surface area contributed by atoms with Crippen molar-refractivity contribution in [3.05, 3.63) is 70.9 Å². The number of Topliss-reactive ketones (excluding diaryl/α,β-unsaturated/α-hetero) is 1. The van der Waals surface area contributed by atoms with E-state index in [0.29, 0.717) is 18.7 Å². The van der Waals surface area contributed by atoms with E-state index in [0.717, 1.165) is 47.0 Å². The van der Waals surface area contributed by atoms with Gasteiger partial charge in [-0.2, -0.15) is 0 Å². The van der Waals surface area contributed by atoms with Gasteiger partial charge in [-0.05, 0) is 36.2 Å². The van der Waals surface area contributed by atoms with Gasteiger partial charge in [-0.25, -0.2) is 0 Å². The maximum Gasteiger partial charge on any atom is 0.295 e. The van der Waals surface area contributed by atoms with Crippen LogP contribution in [0.2, 0.25) is 0 Å². The molecule has 5 rings (SSSR count). The van der Waals surface area contributed by atoms with Crippen molar-refractivity contribution in [1.82, 2.24) is 9.88 Å². The standard InChI is InChI=1S/C25H24N2O4/c1-2-3-11-27-22(18-14-26-19-7-5-4-6-17(18)19)21(24(29)25(27)30)23(28)16-8-9-20-15(13-16)10-12-31-20/h4-9,13-14,22,26,28H,2-3,10-12H2,1H3/b23-21+. The average Bonchev–Trinajstić information content (AvgIpc) is 3.48. The number of aromatic nitrogens is 1. The fraction of sp³-hybridized carbons (Fsp3) is 0.280. The molecule has 1 saturated heterocycles. The summed E-state index contributed by atoms with van der Waals surface area (Å²) in [7, 11) is 0. The lowest BCUT2D eigenvalue weighted by Crippen LogP contribution is -2.30. The van der Waals surface area contributed by atoms with Crippen LogP contribution in [0, 0.1) is 0 Å². The van der Waals surface area contributed by atoms with Gasteiger partial charge in [0.15, 0.2) is 0 Å². The van der Waals surface area contributed by atoms with E-state index in [1.54, 1.807) is 11.0 Å². The first-order valence-electron chi connectivity index (χ1n) is 10.7. The van der Waals surface area contributed by atoms with Gasteiger partial charge in [0.2, 0.25) is 0 Å². The molecule has 3 aromatic rings. The van der Waals surface area contributed by atoms with E-state index in [9.17, 15) is 14.7 Å². The Morgan fingerprint density at radius 3 is 2.90 bits per heavy atom. The number of nitrogens with zero attached hydrogens (tertiary/aromatic N) is 1. The number of benzene rings is 2. The first-order valence-corrected chi connectivity index (χ1v) is 10.7. The Balaban J connectivity index is 1.69. The number of aromatic amines is 1. The van der Waals surface area contributed by atoms with Crippen LogP contribution in [0.4, 0.5) is 0 Å². The van der Waals surface area contributed by atoms with Gasteiger partial charge >= 0.3 is 0 Å². The number of rotatable bonds is 5. The van der Waals surface area contributed by atoms with Crippen molar-refractivity contribution in [2.45, 2.75) is 32.2 Å². The third-order valence-electron chi connectivity index (χ3n) is 6.17. The smallest absolute Gasteiger partial charge is 0.295 e. The molecule has 1 fully saturated rings. The first kappa shape index (κ1) is 19.4. The summed E-state index contributed by atoms with van der Waals surface area (Å²) in [5.74, 6) is -0.536. The van der Waals surface area contributed by atoms with Crippen LogP contribution in [0.25, 0.3) is 16.7 Å². The number of aliphatic hydroxyl groups excluding tert-OH is 1. The highest BCUT2D eigenvalue weighted by molar-refractivity contribution is 6.46. The molecule has 2 aromatic carbocycles. The lowest BCUT2D eigenvalue weighted by atomic mass is 9.94. The number of aliphatic hydroxyl groups is 1. The number of ketones is 1. The predicted octanol–water partition coefficient (Wildman–Crippen LogP) is 4.32. The summed E-state index contributed by atoms with van der Waals surface area (Å²) in [6.45, 7) is 3.11. The number of amides is 1. The average molecular weight is 416 g/mol. The fourth-order valence-electron chi connectivity index (χ4n) is 4.57. The van der Waals surface area contributed by atoms with Crippen molar-refractivity contribution >= 4 is 28.4 Å². The van der Waals surface area contributed by atoms with Gasteiger partial charge in [-0.3, -0.25) is 9.59 Å². The lowest BCUT2D eigenvalue weighted by Gasteiger charge is -2.24. The summed E-state index contributed by atoms with van der Waals surface area (Å²) in [5, 5.41) is 12.2. The molecule has 6 heteroatoms. The Kier molecular flexibility index (Phi) is 4.77. The van der Waals surface area contributed by atoms with Crippen molar-refractivity contribution < 1.29 is 19.4 Å². The second-order valence-electron chi connectivity index (χ2n) is 8.06.